The second kappa shape index (κ2) is 6.48. The van der Waals surface area contributed by atoms with E-state index in [-0.39, 0.29) is 23.8 Å². The van der Waals surface area contributed by atoms with Gasteiger partial charge in [-0.05, 0) is 62.4 Å². The Morgan fingerprint density at radius 3 is 2.45 bits per heavy atom. The normalized spacial score (nSPS) is 24.0. The third-order valence-corrected chi connectivity index (χ3v) is 4.64. The molecule has 1 aromatic carbocycles. The molecular formula is C17H23N3O2. The van der Waals surface area contributed by atoms with Crippen LogP contribution in [0.15, 0.2) is 24.3 Å². The summed E-state index contributed by atoms with van der Waals surface area (Å²) in [6, 6.07) is 7.26. The molecule has 4 N–H and O–H groups in total. The van der Waals surface area contributed by atoms with E-state index in [1.807, 2.05) is 0 Å². The molecule has 5 heteroatoms. The quantitative estimate of drug-likeness (QED) is 0.776. The fourth-order valence-electron chi connectivity index (χ4n) is 3.06. The van der Waals surface area contributed by atoms with E-state index in [4.69, 9.17) is 5.73 Å². The van der Waals surface area contributed by atoms with Crippen LogP contribution in [0.2, 0.25) is 0 Å². The van der Waals surface area contributed by atoms with Gasteiger partial charge in [0.1, 0.15) is 0 Å². The van der Waals surface area contributed by atoms with Crippen molar-refractivity contribution in [3.8, 4) is 0 Å². The van der Waals surface area contributed by atoms with Gasteiger partial charge in [0, 0.05) is 23.2 Å². The molecule has 0 radical (unpaired) electrons. The molecule has 5 nitrogen and oxygen atoms in total. The Bertz CT molecular complexity index is 552. The Morgan fingerprint density at radius 1 is 1.09 bits per heavy atom. The minimum absolute atomic E-state index is 0.0644. The molecule has 0 spiro atoms. The molecular weight excluding hydrogens is 278 g/mol. The molecule has 118 valence electrons. The van der Waals surface area contributed by atoms with Crippen molar-refractivity contribution in [2.24, 2.45) is 17.6 Å². The maximum Gasteiger partial charge on any atom is 0.251 e. The first kappa shape index (κ1) is 15.0. The number of nitrogens with two attached hydrogens (primary N) is 1. The molecule has 2 atom stereocenters. The average molecular weight is 301 g/mol. The lowest BCUT2D eigenvalue weighted by Crippen LogP contribution is -2.39. The monoisotopic (exact) mass is 301 g/mol. The van der Waals surface area contributed by atoms with Gasteiger partial charge in [-0.2, -0.15) is 0 Å². The predicted molar refractivity (Wildman–Crippen MR) is 85.4 cm³/mol. The summed E-state index contributed by atoms with van der Waals surface area (Å²) in [7, 11) is 0. The zero-order valence-corrected chi connectivity index (χ0v) is 12.7. The maximum atomic E-state index is 12.3. The second-order valence-electron chi connectivity index (χ2n) is 6.35. The first-order chi connectivity index (χ1) is 10.7. The molecule has 2 aliphatic rings. The first-order valence-corrected chi connectivity index (χ1v) is 8.09. The number of carbonyl (C=O) groups excluding carboxylic acids is 2. The van der Waals surface area contributed by atoms with Crippen LogP contribution < -0.4 is 16.4 Å². The van der Waals surface area contributed by atoms with Gasteiger partial charge < -0.3 is 16.4 Å². The van der Waals surface area contributed by atoms with Gasteiger partial charge in [0.15, 0.2) is 0 Å². The van der Waals surface area contributed by atoms with Gasteiger partial charge in [0.2, 0.25) is 5.91 Å². The highest BCUT2D eigenvalue weighted by atomic mass is 16.2. The molecule has 2 saturated carbocycles. The Balaban J connectivity index is 1.57. The molecule has 22 heavy (non-hydrogen) atoms. The van der Waals surface area contributed by atoms with Crippen molar-refractivity contribution in [1.29, 1.82) is 0 Å². The van der Waals surface area contributed by atoms with E-state index in [9.17, 15) is 9.59 Å². The summed E-state index contributed by atoms with van der Waals surface area (Å²) in [5.41, 5.74) is 7.11. The summed E-state index contributed by atoms with van der Waals surface area (Å²) < 4.78 is 0. The van der Waals surface area contributed by atoms with Gasteiger partial charge in [-0.3, -0.25) is 9.59 Å². The van der Waals surface area contributed by atoms with Crippen LogP contribution in [0, 0.1) is 11.8 Å². The summed E-state index contributed by atoms with van der Waals surface area (Å²) in [6.07, 6.45) is 5.18. The SMILES string of the molecule is NCC1CCCC1NC(=O)c1ccc(NC(=O)C2CC2)cc1. The summed E-state index contributed by atoms with van der Waals surface area (Å²) in [6.45, 7) is 0.622. The van der Waals surface area contributed by atoms with Gasteiger partial charge in [-0.25, -0.2) is 0 Å². The molecule has 0 heterocycles. The topological polar surface area (TPSA) is 84.2 Å². The van der Waals surface area contributed by atoms with Crippen molar-refractivity contribution in [1.82, 2.24) is 5.32 Å². The van der Waals surface area contributed by atoms with Crippen molar-refractivity contribution < 1.29 is 9.59 Å². The molecule has 1 aromatic rings. The fraction of sp³-hybridized carbons (Fsp3) is 0.529. The van der Waals surface area contributed by atoms with E-state index in [0.29, 0.717) is 18.0 Å². The van der Waals surface area contributed by atoms with Crippen LogP contribution in [0.3, 0.4) is 0 Å². The van der Waals surface area contributed by atoms with Gasteiger partial charge in [-0.15, -0.1) is 0 Å². The van der Waals surface area contributed by atoms with Gasteiger partial charge in [-0.1, -0.05) is 6.42 Å². The van der Waals surface area contributed by atoms with Crippen molar-refractivity contribution in [3.05, 3.63) is 29.8 Å². The van der Waals surface area contributed by atoms with Gasteiger partial charge in [0.05, 0.1) is 0 Å². The minimum Gasteiger partial charge on any atom is -0.349 e. The Morgan fingerprint density at radius 2 is 1.82 bits per heavy atom. The minimum atomic E-state index is -0.0644. The van der Waals surface area contributed by atoms with Crippen LogP contribution in [-0.4, -0.2) is 24.4 Å². The maximum absolute atomic E-state index is 12.3. The largest absolute Gasteiger partial charge is 0.349 e. The number of hydrogen-bond acceptors (Lipinski definition) is 3. The van der Waals surface area contributed by atoms with Gasteiger partial charge >= 0.3 is 0 Å². The smallest absolute Gasteiger partial charge is 0.251 e. The number of benzene rings is 1. The standard InChI is InChI=1S/C17H23N3O2/c18-10-13-2-1-3-15(13)20-17(22)12-6-8-14(9-7-12)19-16(21)11-4-5-11/h6-9,11,13,15H,1-5,10,18H2,(H,19,21)(H,20,22). The third-order valence-electron chi connectivity index (χ3n) is 4.64. The van der Waals surface area contributed by atoms with Gasteiger partial charge in [0.25, 0.3) is 5.91 Å². The number of carbonyl (C=O) groups is 2. The molecule has 3 rings (SSSR count). The highest BCUT2D eigenvalue weighted by molar-refractivity contribution is 5.96. The van der Waals surface area contributed by atoms with Crippen LogP contribution in [0.4, 0.5) is 5.69 Å². The highest BCUT2D eigenvalue weighted by Gasteiger charge is 2.30. The van der Waals surface area contributed by atoms with E-state index < -0.39 is 0 Å². The van der Waals surface area contributed by atoms with E-state index in [1.54, 1.807) is 24.3 Å². The van der Waals surface area contributed by atoms with Crippen LogP contribution in [-0.2, 0) is 4.79 Å². The summed E-state index contributed by atoms with van der Waals surface area (Å²) in [5, 5.41) is 5.95. The van der Waals surface area contributed by atoms with E-state index in [0.717, 1.165) is 37.8 Å². The Kier molecular flexibility index (Phi) is 4.43. The number of hydrogen-bond donors (Lipinski definition) is 3. The fourth-order valence-corrected chi connectivity index (χ4v) is 3.06. The molecule has 0 saturated heterocycles. The van der Waals surface area contributed by atoms with Crippen molar-refractivity contribution in [2.45, 2.75) is 38.1 Å². The molecule has 2 amide bonds. The predicted octanol–water partition coefficient (Wildman–Crippen LogP) is 1.89. The van der Waals surface area contributed by atoms with E-state index >= 15 is 0 Å². The van der Waals surface area contributed by atoms with Crippen LogP contribution in [0.5, 0.6) is 0 Å². The second-order valence-corrected chi connectivity index (χ2v) is 6.35. The zero-order chi connectivity index (χ0) is 15.5. The number of rotatable bonds is 5. The van der Waals surface area contributed by atoms with Crippen molar-refractivity contribution >= 4 is 17.5 Å². The average Bonchev–Trinajstić information content (AvgIpc) is 3.29. The summed E-state index contributed by atoms with van der Waals surface area (Å²) in [4.78, 5) is 24.0. The molecule has 0 aromatic heterocycles. The van der Waals surface area contributed by atoms with E-state index in [1.165, 1.54) is 0 Å². The first-order valence-electron chi connectivity index (χ1n) is 8.09. The number of nitrogens with one attached hydrogen (secondary N) is 2. The Labute approximate surface area is 130 Å². The van der Waals surface area contributed by atoms with Crippen LogP contribution >= 0.6 is 0 Å². The molecule has 0 aliphatic heterocycles. The molecule has 2 aliphatic carbocycles. The number of anilines is 1. The van der Waals surface area contributed by atoms with E-state index in [2.05, 4.69) is 10.6 Å². The van der Waals surface area contributed by atoms with Crippen molar-refractivity contribution in [3.63, 3.8) is 0 Å². The summed E-state index contributed by atoms with van der Waals surface area (Å²) in [5.74, 6) is 0.582. The zero-order valence-electron chi connectivity index (χ0n) is 12.7. The van der Waals surface area contributed by atoms with Crippen LogP contribution in [0.1, 0.15) is 42.5 Å². The number of amides is 2. The lowest BCUT2D eigenvalue weighted by atomic mass is 10.0. The molecule has 2 fully saturated rings. The molecule has 0 bridgehead atoms. The summed E-state index contributed by atoms with van der Waals surface area (Å²) >= 11 is 0. The Hall–Kier alpha value is -1.88. The highest BCUT2D eigenvalue weighted by Crippen LogP contribution is 2.30. The lowest BCUT2D eigenvalue weighted by molar-refractivity contribution is -0.117. The lowest BCUT2D eigenvalue weighted by Gasteiger charge is -2.19. The van der Waals surface area contributed by atoms with Crippen molar-refractivity contribution in [2.75, 3.05) is 11.9 Å². The van der Waals surface area contributed by atoms with Crippen LogP contribution in [0.25, 0.3) is 0 Å². The third kappa shape index (κ3) is 3.47. The molecule has 2 unspecified atom stereocenters.